The predicted molar refractivity (Wildman–Crippen MR) is 65.7 cm³/mol. The summed E-state index contributed by atoms with van der Waals surface area (Å²) in [7, 11) is 4.24. The van der Waals surface area contributed by atoms with Crippen LogP contribution >= 0.6 is 0 Å². The van der Waals surface area contributed by atoms with Crippen LogP contribution in [-0.4, -0.2) is 54.7 Å². The quantitative estimate of drug-likeness (QED) is 0.735. The molecule has 1 rings (SSSR count). The first kappa shape index (κ1) is 17.7. The van der Waals surface area contributed by atoms with Gasteiger partial charge in [0.25, 0.3) is 5.97 Å². The molecule has 0 aliphatic heterocycles. The van der Waals surface area contributed by atoms with Crippen molar-refractivity contribution in [1.29, 1.82) is 0 Å². The molecule has 0 radical (unpaired) electrons. The fraction of sp³-hybridized carbons (Fsp3) is 0.909. The number of nitrogens with zero attached hydrogens (tertiary/aromatic N) is 1. The van der Waals surface area contributed by atoms with Crippen LogP contribution in [0.1, 0.15) is 32.6 Å². The van der Waals surface area contributed by atoms with Gasteiger partial charge in [0.15, 0.2) is 0 Å². The Hall–Kier alpha value is -0.650. The minimum atomic E-state index is -0.833. The van der Waals surface area contributed by atoms with Crippen molar-refractivity contribution in [3.8, 4) is 0 Å². The maximum Gasteiger partial charge on any atom is 0.300 e. The molecule has 5 nitrogen and oxygen atoms in total. The zero-order valence-electron chi connectivity index (χ0n) is 10.6. The minimum Gasteiger partial charge on any atom is -0.481 e. The van der Waals surface area contributed by atoms with Gasteiger partial charge in [0.2, 0.25) is 0 Å². The number of nitrogens with one attached hydrogen (secondary N) is 1. The lowest BCUT2D eigenvalue weighted by atomic mass is 10.2. The van der Waals surface area contributed by atoms with Gasteiger partial charge in [-0.1, -0.05) is 12.8 Å². The lowest BCUT2D eigenvalue weighted by Gasteiger charge is -2.14. The largest absolute Gasteiger partial charge is 0.481 e. The Labute approximate surface area is 98.1 Å². The second-order valence-corrected chi connectivity index (χ2v) is 4.26. The van der Waals surface area contributed by atoms with Crippen LogP contribution in [-0.2, 0) is 4.79 Å². The topological polar surface area (TPSA) is 84.1 Å². The molecule has 98 valence electrons. The SMILES string of the molecule is CC(=O)O.CN(C)CCNC1CCCC1.O. The molecule has 1 aliphatic carbocycles. The fourth-order valence-electron chi connectivity index (χ4n) is 1.62. The van der Waals surface area contributed by atoms with Crippen LogP contribution in [0.2, 0.25) is 0 Å². The molecule has 0 aromatic carbocycles. The van der Waals surface area contributed by atoms with Crippen LogP contribution in [0.15, 0.2) is 0 Å². The van der Waals surface area contributed by atoms with Crippen LogP contribution < -0.4 is 5.32 Å². The van der Waals surface area contributed by atoms with Gasteiger partial charge in [-0.2, -0.15) is 0 Å². The fourth-order valence-corrected chi connectivity index (χ4v) is 1.62. The monoisotopic (exact) mass is 234 g/mol. The first-order valence-electron chi connectivity index (χ1n) is 5.60. The number of rotatable bonds is 4. The Bertz CT molecular complexity index is 165. The van der Waals surface area contributed by atoms with Gasteiger partial charge in [0, 0.05) is 26.1 Å². The lowest BCUT2D eigenvalue weighted by molar-refractivity contribution is -0.134. The molecule has 0 unspecified atom stereocenters. The standard InChI is InChI=1S/C9H20N2.C2H4O2.H2O/c1-11(2)8-7-10-9-5-3-4-6-9;1-2(3)4;/h9-10H,3-8H2,1-2H3;1H3,(H,3,4);1H2. The van der Waals surface area contributed by atoms with E-state index in [-0.39, 0.29) is 5.48 Å². The minimum absolute atomic E-state index is 0. The molecule has 0 aromatic heterocycles. The third-order valence-corrected chi connectivity index (χ3v) is 2.35. The van der Waals surface area contributed by atoms with E-state index in [1.165, 1.54) is 25.7 Å². The first-order chi connectivity index (χ1) is 7.02. The van der Waals surface area contributed by atoms with E-state index in [2.05, 4.69) is 24.3 Å². The highest BCUT2D eigenvalue weighted by molar-refractivity contribution is 5.62. The summed E-state index contributed by atoms with van der Waals surface area (Å²) >= 11 is 0. The molecule has 0 spiro atoms. The molecule has 0 aromatic rings. The molecule has 1 fully saturated rings. The van der Waals surface area contributed by atoms with Gasteiger partial charge in [-0.15, -0.1) is 0 Å². The summed E-state index contributed by atoms with van der Waals surface area (Å²) in [5.41, 5.74) is 0. The molecule has 16 heavy (non-hydrogen) atoms. The number of hydrogen-bond donors (Lipinski definition) is 2. The summed E-state index contributed by atoms with van der Waals surface area (Å²) in [6.45, 7) is 3.40. The van der Waals surface area contributed by atoms with Gasteiger partial charge in [0.1, 0.15) is 0 Å². The van der Waals surface area contributed by atoms with Gasteiger partial charge in [0.05, 0.1) is 0 Å². The Kier molecular flexibility index (Phi) is 12.0. The number of carboxylic acid groups (broad SMARTS) is 1. The molecule has 0 atom stereocenters. The van der Waals surface area contributed by atoms with Gasteiger partial charge in [-0.25, -0.2) is 0 Å². The highest BCUT2D eigenvalue weighted by Gasteiger charge is 2.12. The summed E-state index contributed by atoms with van der Waals surface area (Å²) in [6.07, 6.45) is 5.65. The average molecular weight is 234 g/mol. The van der Waals surface area contributed by atoms with Crippen LogP contribution in [0.5, 0.6) is 0 Å². The van der Waals surface area contributed by atoms with E-state index in [9.17, 15) is 0 Å². The Balaban J connectivity index is 0. The molecule has 4 N–H and O–H groups in total. The predicted octanol–water partition coefficient (Wildman–Crippen LogP) is 0.346. The molecule has 1 aliphatic rings. The van der Waals surface area contributed by atoms with Gasteiger partial charge in [-0.05, 0) is 26.9 Å². The Morgan fingerprint density at radius 2 is 1.81 bits per heavy atom. The van der Waals surface area contributed by atoms with E-state index < -0.39 is 5.97 Å². The summed E-state index contributed by atoms with van der Waals surface area (Å²) in [5.74, 6) is -0.833. The first-order valence-corrected chi connectivity index (χ1v) is 5.60. The normalized spacial score (nSPS) is 15.2. The van der Waals surface area contributed by atoms with Crippen molar-refractivity contribution in [3.63, 3.8) is 0 Å². The number of hydrogen-bond acceptors (Lipinski definition) is 3. The average Bonchev–Trinajstić information content (AvgIpc) is 2.54. The van der Waals surface area contributed by atoms with E-state index >= 15 is 0 Å². The van der Waals surface area contributed by atoms with Gasteiger partial charge < -0.3 is 20.8 Å². The number of likely N-dealkylation sites (N-methyl/N-ethyl adjacent to an activating group) is 1. The van der Waals surface area contributed by atoms with E-state index in [0.29, 0.717) is 0 Å². The molecule has 1 saturated carbocycles. The molecule has 0 heterocycles. The third-order valence-electron chi connectivity index (χ3n) is 2.35. The zero-order valence-corrected chi connectivity index (χ0v) is 10.6. The summed E-state index contributed by atoms with van der Waals surface area (Å²) in [5, 5.41) is 11.0. The van der Waals surface area contributed by atoms with Crippen molar-refractivity contribution >= 4 is 5.97 Å². The van der Waals surface area contributed by atoms with Crippen LogP contribution in [0.4, 0.5) is 0 Å². The smallest absolute Gasteiger partial charge is 0.300 e. The van der Waals surface area contributed by atoms with Crippen molar-refractivity contribution in [2.24, 2.45) is 0 Å². The summed E-state index contributed by atoms with van der Waals surface area (Å²) in [6, 6.07) is 0.829. The highest BCUT2D eigenvalue weighted by atomic mass is 16.4. The van der Waals surface area contributed by atoms with Crippen molar-refractivity contribution in [2.75, 3.05) is 27.2 Å². The van der Waals surface area contributed by atoms with E-state index in [0.717, 1.165) is 26.1 Å². The molecule has 5 heteroatoms. The Morgan fingerprint density at radius 3 is 2.19 bits per heavy atom. The second-order valence-electron chi connectivity index (χ2n) is 4.26. The molecular weight excluding hydrogens is 208 g/mol. The van der Waals surface area contributed by atoms with E-state index in [1.807, 2.05) is 0 Å². The van der Waals surface area contributed by atoms with Crippen LogP contribution in [0.25, 0.3) is 0 Å². The maximum absolute atomic E-state index is 9.00. The number of carbonyl (C=O) groups is 1. The van der Waals surface area contributed by atoms with Crippen molar-refractivity contribution < 1.29 is 15.4 Å². The second kappa shape index (κ2) is 10.9. The molecule has 0 bridgehead atoms. The molecule has 0 saturated heterocycles. The summed E-state index contributed by atoms with van der Waals surface area (Å²) in [4.78, 5) is 11.2. The van der Waals surface area contributed by atoms with Crippen LogP contribution in [0.3, 0.4) is 0 Å². The summed E-state index contributed by atoms with van der Waals surface area (Å²) < 4.78 is 0. The maximum atomic E-state index is 9.00. The zero-order chi connectivity index (χ0) is 11.7. The van der Waals surface area contributed by atoms with E-state index in [1.54, 1.807) is 0 Å². The van der Waals surface area contributed by atoms with Crippen molar-refractivity contribution in [2.45, 2.75) is 38.6 Å². The Morgan fingerprint density at radius 1 is 1.38 bits per heavy atom. The lowest BCUT2D eigenvalue weighted by Crippen LogP contribution is -2.32. The molecule has 0 amide bonds. The number of aliphatic carboxylic acids is 1. The van der Waals surface area contributed by atoms with Crippen molar-refractivity contribution in [3.05, 3.63) is 0 Å². The van der Waals surface area contributed by atoms with Crippen molar-refractivity contribution in [1.82, 2.24) is 10.2 Å². The van der Waals surface area contributed by atoms with Gasteiger partial charge in [-0.3, -0.25) is 4.79 Å². The third kappa shape index (κ3) is 13.4. The van der Waals surface area contributed by atoms with Crippen LogP contribution in [0, 0.1) is 0 Å². The highest BCUT2D eigenvalue weighted by Crippen LogP contribution is 2.17. The van der Waals surface area contributed by atoms with E-state index in [4.69, 9.17) is 9.90 Å². The molecular formula is C11H26N2O3. The van der Waals surface area contributed by atoms with Gasteiger partial charge >= 0.3 is 0 Å². The number of carboxylic acids is 1.